The first kappa shape index (κ1) is 10.2. The Morgan fingerprint density at radius 1 is 1.33 bits per heavy atom. The first-order valence-corrected chi connectivity index (χ1v) is 5.18. The highest BCUT2D eigenvalue weighted by Gasteiger charge is 2.32. The summed E-state index contributed by atoms with van der Waals surface area (Å²) in [5, 5.41) is 9.09. The summed E-state index contributed by atoms with van der Waals surface area (Å²) in [6, 6.07) is 9.58. The number of rotatable bonds is 2. The first-order valence-electron chi connectivity index (χ1n) is 5.18. The number of hydrogen-bond donors (Lipinski definition) is 1. The van der Waals surface area contributed by atoms with Crippen molar-refractivity contribution in [2.45, 2.75) is 18.9 Å². The van der Waals surface area contributed by atoms with E-state index in [0.717, 1.165) is 12.0 Å². The van der Waals surface area contributed by atoms with Crippen LogP contribution in [0, 0.1) is 5.92 Å². The Bertz CT molecular complexity index is 334. The van der Waals surface area contributed by atoms with E-state index >= 15 is 0 Å². The van der Waals surface area contributed by atoms with Crippen molar-refractivity contribution in [3.8, 4) is 0 Å². The lowest BCUT2D eigenvalue weighted by Gasteiger charge is -2.29. The quantitative estimate of drug-likeness (QED) is 0.807. The molecule has 80 valence electrons. The minimum atomic E-state index is -0.761. The summed E-state index contributed by atoms with van der Waals surface area (Å²) < 4.78 is 5.56. The molecule has 0 spiro atoms. The summed E-state index contributed by atoms with van der Waals surface area (Å²) in [4.78, 5) is 11.1. The lowest BCUT2D eigenvalue weighted by Crippen LogP contribution is -2.28. The van der Waals surface area contributed by atoms with Crippen LogP contribution in [-0.2, 0) is 9.53 Å². The van der Waals surface area contributed by atoms with E-state index in [1.807, 2.05) is 30.3 Å². The van der Waals surface area contributed by atoms with Gasteiger partial charge in [0.05, 0.1) is 12.0 Å². The van der Waals surface area contributed by atoms with Gasteiger partial charge in [0.25, 0.3) is 0 Å². The van der Waals surface area contributed by atoms with Crippen LogP contribution in [-0.4, -0.2) is 17.7 Å². The average Bonchev–Trinajstić information content (AvgIpc) is 2.30. The fourth-order valence-electron chi connectivity index (χ4n) is 2.01. The van der Waals surface area contributed by atoms with Crippen molar-refractivity contribution in [2.75, 3.05) is 6.61 Å². The molecule has 0 radical (unpaired) electrons. The molecule has 1 N–H and O–H groups in total. The molecule has 1 fully saturated rings. The highest BCUT2D eigenvalue weighted by Crippen LogP contribution is 2.33. The largest absolute Gasteiger partial charge is 0.481 e. The van der Waals surface area contributed by atoms with E-state index in [-0.39, 0.29) is 6.10 Å². The van der Waals surface area contributed by atoms with E-state index in [9.17, 15) is 4.79 Å². The van der Waals surface area contributed by atoms with Crippen molar-refractivity contribution < 1.29 is 14.6 Å². The number of hydrogen-bond acceptors (Lipinski definition) is 2. The van der Waals surface area contributed by atoms with Crippen molar-refractivity contribution in [1.82, 2.24) is 0 Å². The average molecular weight is 206 g/mol. The molecule has 1 aliphatic heterocycles. The monoisotopic (exact) mass is 206 g/mol. The van der Waals surface area contributed by atoms with Crippen LogP contribution in [0.4, 0.5) is 0 Å². The Labute approximate surface area is 88.7 Å². The van der Waals surface area contributed by atoms with E-state index in [2.05, 4.69) is 0 Å². The highest BCUT2D eigenvalue weighted by atomic mass is 16.5. The van der Waals surface area contributed by atoms with Gasteiger partial charge in [-0.3, -0.25) is 4.79 Å². The maximum atomic E-state index is 11.1. The molecule has 0 amide bonds. The minimum Gasteiger partial charge on any atom is -0.481 e. The third-order valence-corrected chi connectivity index (χ3v) is 2.77. The molecule has 0 aliphatic carbocycles. The van der Waals surface area contributed by atoms with Crippen LogP contribution < -0.4 is 0 Å². The Balaban J connectivity index is 2.22. The zero-order valence-electron chi connectivity index (χ0n) is 8.43. The number of aliphatic carboxylic acids is 1. The summed E-state index contributed by atoms with van der Waals surface area (Å²) in [7, 11) is 0. The molecule has 2 rings (SSSR count). The Morgan fingerprint density at radius 2 is 2.07 bits per heavy atom. The SMILES string of the molecule is O=C(O)[C@@H]1CCCO[C@@H]1c1ccccc1. The van der Waals surface area contributed by atoms with Crippen molar-refractivity contribution in [3.63, 3.8) is 0 Å². The third kappa shape index (κ3) is 2.18. The molecule has 3 heteroatoms. The van der Waals surface area contributed by atoms with Gasteiger partial charge in [0.15, 0.2) is 0 Å². The van der Waals surface area contributed by atoms with E-state index in [1.165, 1.54) is 0 Å². The van der Waals surface area contributed by atoms with Gasteiger partial charge >= 0.3 is 5.97 Å². The normalized spacial score (nSPS) is 26.1. The second kappa shape index (κ2) is 4.45. The Morgan fingerprint density at radius 3 is 2.73 bits per heavy atom. The van der Waals surface area contributed by atoms with Gasteiger partial charge in [0, 0.05) is 6.61 Å². The Kier molecular flexibility index (Phi) is 3.02. The molecule has 1 aromatic carbocycles. The standard InChI is InChI=1S/C12H14O3/c13-12(14)10-7-4-8-15-11(10)9-5-2-1-3-6-9/h1-3,5-6,10-11H,4,7-8H2,(H,13,14)/t10-,11-/m1/s1. The minimum absolute atomic E-state index is 0.280. The molecule has 1 saturated heterocycles. The van der Waals surface area contributed by atoms with Crippen LogP contribution in [0.15, 0.2) is 30.3 Å². The molecule has 0 bridgehead atoms. The molecular weight excluding hydrogens is 192 g/mol. The van der Waals surface area contributed by atoms with Crippen LogP contribution in [0.1, 0.15) is 24.5 Å². The maximum Gasteiger partial charge on any atom is 0.309 e. The smallest absolute Gasteiger partial charge is 0.309 e. The van der Waals surface area contributed by atoms with Gasteiger partial charge in [-0.25, -0.2) is 0 Å². The van der Waals surface area contributed by atoms with Crippen LogP contribution in [0.25, 0.3) is 0 Å². The van der Waals surface area contributed by atoms with Crippen LogP contribution >= 0.6 is 0 Å². The molecule has 2 atom stereocenters. The highest BCUT2D eigenvalue weighted by molar-refractivity contribution is 5.71. The van der Waals surface area contributed by atoms with E-state index in [4.69, 9.17) is 9.84 Å². The molecule has 1 aromatic rings. The summed E-state index contributed by atoms with van der Waals surface area (Å²) in [6.45, 7) is 0.656. The summed E-state index contributed by atoms with van der Waals surface area (Å²) in [6.07, 6.45) is 1.26. The van der Waals surface area contributed by atoms with E-state index in [1.54, 1.807) is 0 Å². The fourth-order valence-corrected chi connectivity index (χ4v) is 2.01. The second-order valence-electron chi connectivity index (χ2n) is 3.79. The van der Waals surface area contributed by atoms with Crippen LogP contribution in [0.5, 0.6) is 0 Å². The van der Waals surface area contributed by atoms with Gasteiger partial charge in [-0.15, -0.1) is 0 Å². The maximum absolute atomic E-state index is 11.1. The fraction of sp³-hybridized carbons (Fsp3) is 0.417. The van der Waals surface area contributed by atoms with Crippen molar-refractivity contribution >= 4 is 5.97 Å². The topological polar surface area (TPSA) is 46.5 Å². The molecule has 1 heterocycles. The molecule has 0 saturated carbocycles. The first-order chi connectivity index (χ1) is 7.29. The van der Waals surface area contributed by atoms with E-state index < -0.39 is 11.9 Å². The number of carbonyl (C=O) groups is 1. The van der Waals surface area contributed by atoms with Crippen molar-refractivity contribution in [1.29, 1.82) is 0 Å². The lowest BCUT2D eigenvalue weighted by molar-refractivity contribution is -0.151. The molecule has 3 nitrogen and oxygen atoms in total. The summed E-state index contributed by atoms with van der Waals surface area (Å²) in [5.74, 6) is -1.16. The second-order valence-corrected chi connectivity index (χ2v) is 3.79. The molecule has 0 unspecified atom stereocenters. The molecule has 1 aliphatic rings. The van der Waals surface area contributed by atoms with Crippen molar-refractivity contribution in [2.24, 2.45) is 5.92 Å². The van der Waals surface area contributed by atoms with Crippen molar-refractivity contribution in [3.05, 3.63) is 35.9 Å². The van der Waals surface area contributed by atoms with Gasteiger partial charge in [-0.1, -0.05) is 30.3 Å². The van der Waals surface area contributed by atoms with Crippen LogP contribution in [0.3, 0.4) is 0 Å². The summed E-state index contributed by atoms with van der Waals surface area (Å²) in [5.41, 5.74) is 0.963. The number of ether oxygens (including phenoxy) is 1. The zero-order valence-corrected chi connectivity index (χ0v) is 8.43. The molecule has 0 aromatic heterocycles. The van der Waals surface area contributed by atoms with Gasteiger partial charge < -0.3 is 9.84 Å². The molecular formula is C12H14O3. The number of carboxylic acids is 1. The third-order valence-electron chi connectivity index (χ3n) is 2.77. The van der Waals surface area contributed by atoms with Gasteiger partial charge in [-0.2, -0.15) is 0 Å². The summed E-state index contributed by atoms with van der Waals surface area (Å²) >= 11 is 0. The van der Waals surface area contributed by atoms with Crippen LogP contribution in [0.2, 0.25) is 0 Å². The molecule has 15 heavy (non-hydrogen) atoms. The van der Waals surface area contributed by atoms with E-state index in [0.29, 0.717) is 13.0 Å². The zero-order chi connectivity index (χ0) is 10.7. The number of benzene rings is 1. The Hall–Kier alpha value is -1.35. The predicted octanol–water partition coefficient (Wildman–Crippen LogP) is 2.24. The van der Waals surface area contributed by atoms with Gasteiger partial charge in [-0.05, 0) is 18.4 Å². The van der Waals surface area contributed by atoms with Gasteiger partial charge in [0.1, 0.15) is 0 Å². The number of carboxylic acid groups (broad SMARTS) is 1. The lowest BCUT2D eigenvalue weighted by atomic mass is 9.90. The van der Waals surface area contributed by atoms with Gasteiger partial charge in [0.2, 0.25) is 0 Å². The predicted molar refractivity (Wildman–Crippen MR) is 55.5 cm³/mol.